The summed E-state index contributed by atoms with van der Waals surface area (Å²) in [5, 5.41) is 0. The van der Waals surface area contributed by atoms with Gasteiger partial charge in [0.2, 0.25) is 0 Å². The average Bonchev–Trinajstić information content (AvgIpc) is 2.42. The Balaban J connectivity index is 0.00000176. The van der Waals surface area contributed by atoms with Crippen molar-refractivity contribution in [1.29, 1.82) is 0 Å². The number of nitrogens with two attached hydrogens (primary N) is 1. The number of thioether (sulfide) groups is 1. The average molecular weight is 439 g/mol. The minimum atomic E-state index is -0.512. The maximum Gasteiger partial charge on any atom is 0.191 e. The fourth-order valence-electron chi connectivity index (χ4n) is 2.84. The van der Waals surface area contributed by atoms with Crippen LogP contribution in [0.2, 0.25) is 0 Å². The number of guanidine groups is 1. The Morgan fingerprint density at radius 3 is 2.32 bits per heavy atom. The molecule has 7 heteroatoms. The number of halogens is 3. The van der Waals surface area contributed by atoms with E-state index >= 15 is 0 Å². The number of benzene rings is 1. The minimum absolute atomic E-state index is 0. The zero-order valence-corrected chi connectivity index (χ0v) is 15.3. The summed E-state index contributed by atoms with van der Waals surface area (Å²) in [6.45, 7) is 1.90. The fraction of sp³-hybridized carbons (Fsp3) is 0.533. The molecule has 122 valence electrons. The molecular weight excluding hydrogens is 419 g/mol. The van der Waals surface area contributed by atoms with E-state index in [1.165, 1.54) is 12.1 Å². The molecule has 0 radical (unpaired) electrons. The van der Waals surface area contributed by atoms with Crippen molar-refractivity contribution in [3.63, 3.8) is 0 Å². The first-order valence-corrected chi connectivity index (χ1v) is 8.39. The normalized spacial score (nSPS) is 25.4. The highest BCUT2D eigenvalue weighted by Crippen LogP contribution is 2.39. The molecule has 1 aromatic carbocycles. The van der Waals surface area contributed by atoms with E-state index < -0.39 is 11.6 Å². The number of aliphatic imine (C=N–C) groups is 1. The first-order valence-electron chi connectivity index (χ1n) is 7.24. The molecule has 0 unspecified atom stereocenters. The fourth-order valence-corrected chi connectivity index (χ4v) is 3.74. The first-order chi connectivity index (χ1) is 10.1. The van der Waals surface area contributed by atoms with Crippen molar-refractivity contribution in [2.45, 2.75) is 24.8 Å². The summed E-state index contributed by atoms with van der Waals surface area (Å²) in [7, 11) is 0. The smallest absolute Gasteiger partial charge is 0.191 e. The molecule has 1 aliphatic carbocycles. The van der Waals surface area contributed by atoms with E-state index in [4.69, 9.17) is 5.73 Å². The number of rotatable bonds is 2. The number of hydrogen-bond acceptors (Lipinski definition) is 2. The van der Waals surface area contributed by atoms with Crippen molar-refractivity contribution in [2.75, 3.05) is 24.6 Å². The van der Waals surface area contributed by atoms with E-state index in [1.807, 2.05) is 11.8 Å². The predicted molar refractivity (Wildman–Crippen MR) is 98.1 cm³/mol. The van der Waals surface area contributed by atoms with E-state index in [0.29, 0.717) is 5.96 Å². The van der Waals surface area contributed by atoms with Crippen LogP contribution in [0, 0.1) is 11.6 Å². The minimum Gasteiger partial charge on any atom is -0.370 e. The molecular formula is C15H20F2IN3S. The summed E-state index contributed by atoms with van der Waals surface area (Å²) >= 11 is 1.93. The van der Waals surface area contributed by atoms with Gasteiger partial charge >= 0.3 is 0 Å². The number of hydrogen-bond donors (Lipinski definition) is 1. The van der Waals surface area contributed by atoms with Crippen LogP contribution in [0.15, 0.2) is 23.2 Å². The van der Waals surface area contributed by atoms with E-state index in [1.54, 1.807) is 0 Å². The van der Waals surface area contributed by atoms with E-state index in [0.717, 1.165) is 49.1 Å². The number of nitrogens with zero attached hydrogens (tertiary/aromatic N) is 2. The van der Waals surface area contributed by atoms with Gasteiger partial charge in [-0.25, -0.2) is 13.8 Å². The third-order valence-electron chi connectivity index (χ3n) is 4.12. The van der Waals surface area contributed by atoms with Crippen LogP contribution in [-0.4, -0.2) is 41.5 Å². The largest absolute Gasteiger partial charge is 0.370 e. The Morgan fingerprint density at radius 2 is 1.73 bits per heavy atom. The Labute approximate surface area is 150 Å². The highest BCUT2D eigenvalue weighted by molar-refractivity contribution is 14.0. The molecule has 0 atom stereocenters. The zero-order chi connectivity index (χ0) is 14.8. The third-order valence-corrected chi connectivity index (χ3v) is 5.06. The maximum absolute atomic E-state index is 13.2. The van der Waals surface area contributed by atoms with Crippen molar-refractivity contribution in [3.8, 4) is 0 Å². The van der Waals surface area contributed by atoms with Crippen LogP contribution in [-0.2, 0) is 0 Å². The van der Waals surface area contributed by atoms with Gasteiger partial charge in [0.1, 0.15) is 11.6 Å². The van der Waals surface area contributed by atoms with Crippen LogP contribution in [0.1, 0.15) is 24.3 Å². The highest BCUT2D eigenvalue weighted by Gasteiger charge is 2.31. The Bertz CT molecular complexity index is 523. The molecule has 2 N–H and O–H groups in total. The molecule has 3 nitrogen and oxygen atoms in total. The molecule has 1 saturated heterocycles. The Morgan fingerprint density at radius 1 is 1.14 bits per heavy atom. The van der Waals surface area contributed by atoms with Gasteiger partial charge in [0, 0.05) is 30.7 Å². The molecule has 0 bridgehead atoms. The first kappa shape index (κ1) is 17.8. The zero-order valence-electron chi connectivity index (χ0n) is 12.2. The van der Waals surface area contributed by atoms with Gasteiger partial charge in [-0.1, -0.05) is 0 Å². The lowest BCUT2D eigenvalue weighted by Crippen LogP contribution is -2.44. The molecule has 22 heavy (non-hydrogen) atoms. The SMILES string of the molecule is I.NC(=NC1CC(c2cc(F)cc(F)c2)C1)N1CCSCC1. The van der Waals surface area contributed by atoms with Crippen LogP contribution in [0.25, 0.3) is 0 Å². The predicted octanol–water partition coefficient (Wildman–Crippen LogP) is 3.19. The lowest BCUT2D eigenvalue weighted by atomic mass is 9.76. The second-order valence-corrected chi connectivity index (χ2v) is 6.84. The maximum atomic E-state index is 13.2. The molecule has 2 fully saturated rings. The molecule has 0 amide bonds. The summed E-state index contributed by atoms with van der Waals surface area (Å²) in [5.74, 6) is 1.96. The van der Waals surface area contributed by atoms with Gasteiger partial charge < -0.3 is 10.6 Å². The standard InChI is InChI=1S/C15H19F2N3S.HI/c16-12-5-10(6-13(17)9-12)11-7-14(8-11)19-15(18)20-1-3-21-4-2-20;/h5-6,9,11,14H,1-4,7-8H2,(H2,18,19);1H. The van der Waals surface area contributed by atoms with Crippen LogP contribution >= 0.6 is 35.7 Å². The Hall–Kier alpha value is -0.570. The van der Waals surface area contributed by atoms with Crippen molar-refractivity contribution in [3.05, 3.63) is 35.4 Å². The van der Waals surface area contributed by atoms with Gasteiger partial charge in [0.15, 0.2) is 5.96 Å². The van der Waals surface area contributed by atoms with E-state index in [2.05, 4.69) is 9.89 Å². The second-order valence-electron chi connectivity index (χ2n) is 5.61. The summed E-state index contributed by atoms with van der Waals surface area (Å²) in [4.78, 5) is 6.67. The van der Waals surface area contributed by atoms with Gasteiger partial charge in [-0.05, 0) is 36.5 Å². The lowest BCUT2D eigenvalue weighted by molar-refractivity contribution is 0.344. The van der Waals surface area contributed by atoms with Gasteiger partial charge in [0.05, 0.1) is 6.04 Å². The van der Waals surface area contributed by atoms with Crippen LogP contribution in [0.3, 0.4) is 0 Å². The lowest BCUT2D eigenvalue weighted by Gasteiger charge is -2.35. The molecule has 2 aliphatic rings. The van der Waals surface area contributed by atoms with E-state index in [-0.39, 0.29) is 35.9 Å². The van der Waals surface area contributed by atoms with Crippen LogP contribution in [0.4, 0.5) is 8.78 Å². The quantitative estimate of drug-likeness (QED) is 0.437. The third kappa shape index (κ3) is 4.24. The van der Waals surface area contributed by atoms with Crippen molar-refractivity contribution in [1.82, 2.24) is 4.90 Å². The topological polar surface area (TPSA) is 41.6 Å². The molecule has 1 heterocycles. The molecule has 1 aromatic rings. The van der Waals surface area contributed by atoms with E-state index in [9.17, 15) is 8.78 Å². The molecule has 3 rings (SSSR count). The van der Waals surface area contributed by atoms with Gasteiger partial charge in [0.25, 0.3) is 0 Å². The monoisotopic (exact) mass is 439 g/mol. The highest BCUT2D eigenvalue weighted by atomic mass is 127. The van der Waals surface area contributed by atoms with Crippen molar-refractivity contribution in [2.24, 2.45) is 10.7 Å². The van der Waals surface area contributed by atoms with Crippen LogP contribution in [0.5, 0.6) is 0 Å². The molecule has 0 spiro atoms. The molecule has 1 aliphatic heterocycles. The van der Waals surface area contributed by atoms with Crippen molar-refractivity contribution < 1.29 is 8.78 Å². The molecule has 0 aromatic heterocycles. The van der Waals surface area contributed by atoms with Gasteiger partial charge in [-0.15, -0.1) is 24.0 Å². The Kier molecular flexibility index (Phi) is 6.31. The summed E-state index contributed by atoms with van der Waals surface area (Å²) in [6.07, 6.45) is 1.62. The van der Waals surface area contributed by atoms with Crippen LogP contribution < -0.4 is 5.73 Å². The van der Waals surface area contributed by atoms with Gasteiger partial charge in [-0.2, -0.15) is 11.8 Å². The second kappa shape index (κ2) is 7.81. The summed E-state index contributed by atoms with van der Waals surface area (Å²) in [5.41, 5.74) is 6.77. The summed E-state index contributed by atoms with van der Waals surface area (Å²) in [6, 6.07) is 3.91. The van der Waals surface area contributed by atoms with Crippen molar-refractivity contribution >= 4 is 41.7 Å². The van der Waals surface area contributed by atoms with Gasteiger partial charge in [-0.3, -0.25) is 0 Å². The summed E-state index contributed by atoms with van der Waals surface area (Å²) < 4.78 is 26.4. The molecule has 1 saturated carbocycles.